The monoisotopic (exact) mass is 351 g/mol. The van der Waals surface area contributed by atoms with Gasteiger partial charge < -0.3 is 5.32 Å². The molecule has 0 spiro atoms. The summed E-state index contributed by atoms with van der Waals surface area (Å²) < 4.78 is 14.1. The van der Waals surface area contributed by atoms with Gasteiger partial charge in [0.2, 0.25) is 0 Å². The van der Waals surface area contributed by atoms with Gasteiger partial charge in [0.15, 0.2) is 0 Å². The molecule has 0 aliphatic rings. The molecule has 0 saturated heterocycles. The summed E-state index contributed by atoms with van der Waals surface area (Å²) in [6.07, 6.45) is 0.579. The van der Waals surface area contributed by atoms with Crippen LogP contribution in [0.15, 0.2) is 71.5 Å². The van der Waals surface area contributed by atoms with Crippen LogP contribution in [0.1, 0.15) is 21.6 Å². The molecule has 1 heterocycles. The van der Waals surface area contributed by atoms with E-state index in [0.29, 0.717) is 19.5 Å². The standard InChI is InChI=1S/C20H18FN3O2/c21-17-8-6-15(7-9-17)12-13-22-20(26)18-10-11-19(25)24(23-18)14-16-4-2-1-3-5-16/h1-11H,12-14H2,(H,22,26). The number of amides is 1. The van der Waals surface area contributed by atoms with Gasteiger partial charge in [-0.25, -0.2) is 9.07 Å². The van der Waals surface area contributed by atoms with Crippen LogP contribution in [0.5, 0.6) is 0 Å². The summed E-state index contributed by atoms with van der Waals surface area (Å²) in [5, 5.41) is 6.91. The zero-order valence-electron chi connectivity index (χ0n) is 14.1. The smallest absolute Gasteiger partial charge is 0.271 e. The van der Waals surface area contributed by atoms with Crippen LogP contribution in [-0.2, 0) is 13.0 Å². The number of hydrogen-bond donors (Lipinski definition) is 1. The number of halogens is 1. The quantitative estimate of drug-likeness (QED) is 0.742. The zero-order chi connectivity index (χ0) is 18.4. The van der Waals surface area contributed by atoms with E-state index in [-0.39, 0.29) is 23.0 Å². The Labute approximate surface area is 150 Å². The summed E-state index contributed by atoms with van der Waals surface area (Å²) in [5.74, 6) is -0.642. The highest BCUT2D eigenvalue weighted by molar-refractivity contribution is 5.91. The van der Waals surface area contributed by atoms with Crippen LogP contribution in [0.3, 0.4) is 0 Å². The van der Waals surface area contributed by atoms with Gasteiger partial charge in [-0.3, -0.25) is 9.59 Å². The van der Waals surface area contributed by atoms with Crippen LogP contribution < -0.4 is 10.9 Å². The maximum atomic E-state index is 12.9. The molecule has 0 saturated carbocycles. The Hall–Kier alpha value is -3.28. The normalized spacial score (nSPS) is 10.5. The van der Waals surface area contributed by atoms with Crippen molar-refractivity contribution in [2.75, 3.05) is 6.54 Å². The van der Waals surface area contributed by atoms with E-state index in [4.69, 9.17) is 0 Å². The molecule has 132 valence electrons. The number of nitrogens with one attached hydrogen (secondary N) is 1. The van der Waals surface area contributed by atoms with Crippen molar-refractivity contribution in [3.63, 3.8) is 0 Å². The molecular formula is C20H18FN3O2. The Kier molecular flexibility index (Phi) is 5.53. The second-order valence-electron chi connectivity index (χ2n) is 5.83. The number of benzene rings is 2. The third kappa shape index (κ3) is 4.63. The van der Waals surface area contributed by atoms with Gasteiger partial charge in [-0.15, -0.1) is 0 Å². The van der Waals surface area contributed by atoms with Crippen molar-refractivity contribution in [2.45, 2.75) is 13.0 Å². The van der Waals surface area contributed by atoms with Crippen LogP contribution in [0.25, 0.3) is 0 Å². The van der Waals surface area contributed by atoms with Crippen LogP contribution in [0.4, 0.5) is 4.39 Å². The minimum atomic E-state index is -0.353. The highest BCUT2D eigenvalue weighted by Crippen LogP contribution is 2.03. The highest BCUT2D eigenvalue weighted by atomic mass is 19.1. The SMILES string of the molecule is O=C(NCCc1ccc(F)cc1)c1ccc(=O)n(Cc2ccccc2)n1. The third-order valence-corrected chi connectivity index (χ3v) is 3.89. The molecule has 0 aliphatic heterocycles. The number of aromatic nitrogens is 2. The molecule has 5 nitrogen and oxygen atoms in total. The first kappa shape index (κ1) is 17.5. The van der Waals surface area contributed by atoms with Crippen LogP contribution in [-0.4, -0.2) is 22.2 Å². The lowest BCUT2D eigenvalue weighted by atomic mass is 10.1. The van der Waals surface area contributed by atoms with E-state index in [9.17, 15) is 14.0 Å². The zero-order valence-corrected chi connectivity index (χ0v) is 14.1. The summed E-state index contributed by atoms with van der Waals surface area (Å²) in [6.45, 7) is 0.695. The Morgan fingerprint density at radius 2 is 1.69 bits per heavy atom. The predicted octanol–water partition coefficient (Wildman–Crippen LogP) is 2.40. The van der Waals surface area contributed by atoms with Crippen molar-refractivity contribution in [2.24, 2.45) is 0 Å². The Morgan fingerprint density at radius 1 is 0.962 bits per heavy atom. The lowest BCUT2D eigenvalue weighted by Gasteiger charge is -2.08. The van der Waals surface area contributed by atoms with Gasteiger partial charge in [-0.05, 0) is 35.7 Å². The van der Waals surface area contributed by atoms with Gasteiger partial charge in [-0.1, -0.05) is 42.5 Å². The van der Waals surface area contributed by atoms with E-state index in [1.54, 1.807) is 12.1 Å². The fourth-order valence-corrected chi connectivity index (χ4v) is 2.50. The second kappa shape index (κ2) is 8.20. The molecule has 0 aliphatic carbocycles. The number of hydrogen-bond acceptors (Lipinski definition) is 3. The van der Waals surface area contributed by atoms with Crippen LogP contribution in [0, 0.1) is 5.82 Å². The van der Waals surface area contributed by atoms with Crippen molar-refractivity contribution in [1.29, 1.82) is 0 Å². The third-order valence-electron chi connectivity index (χ3n) is 3.89. The Balaban J connectivity index is 1.63. The van der Waals surface area contributed by atoms with E-state index in [1.807, 2.05) is 30.3 Å². The molecule has 2 aromatic carbocycles. The average molecular weight is 351 g/mol. The Morgan fingerprint density at radius 3 is 2.42 bits per heavy atom. The van der Waals surface area contributed by atoms with E-state index in [0.717, 1.165) is 11.1 Å². The molecule has 6 heteroatoms. The molecule has 0 unspecified atom stereocenters. The van der Waals surface area contributed by atoms with Gasteiger partial charge in [0, 0.05) is 12.6 Å². The molecule has 3 aromatic rings. The highest BCUT2D eigenvalue weighted by Gasteiger charge is 2.09. The molecule has 0 atom stereocenters. The molecule has 3 rings (SSSR count). The number of nitrogens with zero attached hydrogens (tertiary/aromatic N) is 2. The topological polar surface area (TPSA) is 64.0 Å². The molecule has 26 heavy (non-hydrogen) atoms. The largest absolute Gasteiger partial charge is 0.350 e. The van der Waals surface area contributed by atoms with Gasteiger partial charge in [0.05, 0.1) is 6.54 Å². The summed E-state index contributed by atoms with van der Waals surface area (Å²) in [4.78, 5) is 24.2. The maximum Gasteiger partial charge on any atom is 0.271 e. The van der Waals surface area contributed by atoms with Crippen molar-refractivity contribution in [1.82, 2.24) is 15.1 Å². The molecule has 0 bridgehead atoms. The van der Waals surface area contributed by atoms with Crippen molar-refractivity contribution in [3.8, 4) is 0 Å². The fraction of sp³-hybridized carbons (Fsp3) is 0.150. The van der Waals surface area contributed by atoms with E-state index in [1.165, 1.54) is 28.9 Å². The summed E-state index contributed by atoms with van der Waals surface area (Å²) >= 11 is 0. The summed E-state index contributed by atoms with van der Waals surface area (Å²) in [7, 11) is 0. The lowest BCUT2D eigenvalue weighted by Crippen LogP contribution is -2.30. The first-order valence-electron chi connectivity index (χ1n) is 8.26. The fourth-order valence-electron chi connectivity index (χ4n) is 2.50. The van der Waals surface area contributed by atoms with Gasteiger partial charge in [-0.2, -0.15) is 5.10 Å². The van der Waals surface area contributed by atoms with Crippen molar-refractivity contribution < 1.29 is 9.18 Å². The Bertz CT molecular complexity index is 937. The van der Waals surface area contributed by atoms with E-state index < -0.39 is 0 Å². The molecule has 1 aromatic heterocycles. The summed E-state index contributed by atoms with van der Waals surface area (Å²) in [6, 6.07) is 18.3. The van der Waals surface area contributed by atoms with Crippen LogP contribution >= 0.6 is 0 Å². The molecule has 0 fully saturated rings. The predicted molar refractivity (Wildman–Crippen MR) is 96.5 cm³/mol. The van der Waals surface area contributed by atoms with Crippen LogP contribution in [0.2, 0.25) is 0 Å². The molecule has 1 N–H and O–H groups in total. The minimum Gasteiger partial charge on any atom is -0.350 e. The average Bonchev–Trinajstić information content (AvgIpc) is 2.66. The van der Waals surface area contributed by atoms with Gasteiger partial charge in [0.1, 0.15) is 11.5 Å². The molecular weight excluding hydrogens is 333 g/mol. The van der Waals surface area contributed by atoms with Crippen molar-refractivity contribution >= 4 is 5.91 Å². The number of carbonyl (C=O) groups is 1. The first-order chi connectivity index (χ1) is 12.6. The van der Waals surface area contributed by atoms with Gasteiger partial charge >= 0.3 is 0 Å². The van der Waals surface area contributed by atoms with Crippen molar-refractivity contribution in [3.05, 3.63) is 99.7 Å². The minimum absolute atomic E-state index is 0.180. The second-order valence-corrected chi connectivity index (χ2v) is 5.83. The number of carbonyl (C=O) groups excluding carboxylic acids is 1. The lowest BCUT2D eigenvalue weighted by molar-refractivity contribution is 0.0946. The first-order valence-corrected chi connectivity index (χ1v) is 8.26. The number of rotatable bonds is 6. The van der Waals surface area contributed by atoms with Gasteiger partial charge in [0.25, 0.3) is 11.5 Å². The molecule has 1 amide bonds. The molecule has 0 radical (unpaired) electrons. The summed E-state index contributed by atoms with van der Waals surface area (Å²) in [5.41, 5.74) is 1.76. The van der Waals surface area contributed by atoms with E-state index in [2.05, 4.69) is 10.4 Å². The maximum absolute atomic E-state index is 12.9. The van der Waals surface area contributed by atoms with E-state index >= 15 is 0 Å².